The molecule has 1 aliphatic carbocycles. The van der Waals surface area contributed by atoms with E-state index in [2.05, 4.69) is 204 Å². The Morgan fingerprint density at radius 2 is 1.02 bits per heavy atom. The molecule has 0 fully saturated rings. The van der Waals surface area contributed by atoms with Gasteiger partial charge in [-0.1, -0.05) is 139 Å². The largest absolute Gasteiger partial charge is 0.311 e. The average Bonchev–Trinajstić information content (AvgIpc) is 3.22. The lowest BCUT2D eigenvalue weighted by atomic mass is 9.60. The molecule has 0 bridgehead atoms. The van der Waals surface area contributed by atoms with Crippen molar-refractivity contribution >= 4 is 40.2 Å². The van der Waals surface area contributed by atoms with Gasteiger partial charge in [-0.05, 0) is 113 Å². The molecule has 0 saturated carbocycles. The molecular weight excluding hydrogens is 649 g/mol. The van der Waals surface area contributed by atoms with Gasteiger partial charge in [-0.25, -0.2) is 0 Å². The molecule has 10 rings (SSSR count). The number of hydrogen-bond acceptors (Lipinski definition) is 3. The van der Waals surface area contributed by atoms with E-state index in [9.17, 15) is 0 Å². The van der Waals surface area contributed by atoms with Gasteiger partial charge in [0.05, 0.1) is 11.1 Å². The van der Waals surface area contributed by atoms with E-state index < -0.39 is 5.41 Å². The summed E-state index contributed by atoms with van der Waals surface area (Å²) in [5.41, 5.74) is 14.6. The minimum atomic E-state index is -0.431. The van der Waals surface area contributed by atoms with Crippen LogP contribution in [0.15, 0.2) is 215 Å². The molecule has 7 aromatic carbocycles. The molecule has 0 amide bonds. The number of fused-ring (bicyclic) bond motifs is 8. The summed E-state index contributed by atoms with van der Waals surface area (Å²) >= 11 is 1.90. The molecule has 0 radical (unpaired) electrons. The maximum absolute atomic E-state index is 2.52. The molecule has 52 heavy (non-hydrogen) atoms. The number of benzene rings is 7. The molecule has 2 aliphatic heterocycles. The Morgan fingerprint density at radius 1 is 0.462 bits per heavy atom. The first-order chi connectivity index (χ1) is 25.8. The van der Waals surface area contributed by atoms with E-state index in [1.54, 1.807) is 0 Å². The van der Waals surface area contributed by atoms with Gasteiger partial charge in [0.25, 0.3) is 0 Å². The average molecular weight is 685 g/mol. The quantitative estimate of drug-likeness (QED) is 0.178. The zero-order valence-corrected chi connectivity index (χ0v) is 29.5. The predicted molar refractivity (Wildman–Crippen MR) is 217 cm³/mol. The van der Waals surface area contributed by atoms with Gasteiger partial charge in [-0.15, -0.1) is 0 Å². The van der Waals surface area contributed by atoms with Gasteiger partial charge in [-0.2, -0.15) is 0 Å². The van der Waals surface area contributed by atoms with Crippen molar-refractivity contribution in [1.82, 2.24) is 0 Å². The van der Waals surface area contributed by atoms with Crippen LogP contribution in [-0.2, 0) is 5.41 Å². The van der Waals surface area contributed by atoms with Crippen molar-refractivity contribution < 1.29 is 0 Å². The van der Waals surface area contributed by atoms with Crippen LogP contribution < -0.4 is 9.80 Å². The van der Waals surface area contributed by atoms with E-state index in [1.165, 1.54) is 60.3 Å². The van der Waals surface area contributed by atoms with Crippen LogP contribution in [0.5, 0.6) is 0 Å². The van der Waals surface area contributed by atoms with Gasteiger partial charge < -0.3 is 9.80 Å². The lowest BCUT2D eigenvalue weighted by Crippen LogP contribution is -2.43. The van der Waals surface area contributed by atoms with Crippen LogP contribution in [0.25, 0.3) is 11.1 Å². The SMILES string of the molecule is C1=C2C(=CCC1)C1(c3ccccc3Sc3cc(-c4ccc(N(c5ccccc5)c5ccccc5)cc4)ccc31)c1ccccc1N2c1ccccc1. The van der Waals surface area contributed by atoms with E-state index in [4.69, 9.17) is 0 Å². The summed E-state index contributed by atoms with van der Waals surface area (Å²) < 4.78 is 0. The van der Waals surface area contributed by atoms with E-state index >= 15 is 0 Å². The Morgan fingerprint density at radius 3 is 1.75 bits per heavy atom. The monoisotopic (exact) mass is 684 g/mol. The molecular formula is C49H36N2S. The first kappa shape index (κ1) is 30.8. The number of nitrogens with zero attached hydrogens (tertiary/aromatic N) is 2. The molecule has 2 heterocycles. The van der Waals surface area contributed by atoms with Crippen molar-refractivity contribution in [2.45, 2.75) is 28.0 Å². The summed E-state index contributed by atoms with van der Waals surface area (Å²) in [7, 11) is 0. The van der Waals surface area contributed by atoms with E-state index in [0.29, 0.717) is 0 Å². The third-order valence-electron chi connectivity index (χ3n) is 10.7. The third-order valence-corrected chi connectivity index (χ3v) is 11.9. The molecule has 1 atom stereocenters. The third kappa shape index (κ3) is 4.81. The fraction of sp³-hybridized carbons (Fsp3) is 0.0612. The number of rotatable bonds is 5. The maximum Gasteiger partial charge on any atom is 0.0760 e. The van der Waals surface area contributed by atoms with Crippen LogP contribution in [-0.4, -0.2) is 0 Å². The summed E-state index contributed by atoms with van der Waals surface area (Å²) in [4.78, 5) is 7.43. The Balaban J connectivity index is 1.13. The Kier molecular flexibility index (Phi) is 7.47. The van der Waals surface area contributed by atoms with Crippen molar-refractivity contribution in [3.05, 3.63) is 222 Å². The van der Waals surface area contributed by atoms with E-state index in [-0.39, 0.29) is 0 Å². The summed E-state index contributed by atoms with van der Waals surface area (Å²) in [6.07, 6.45) is 7.05. The van der Waals surface area contributed by atoms with Crippen LogP contribution in [0.4, 0.5) is 28.4 Å². The van der Waals surface area contributed by atoms with Crippen molar-refractivity contribution in [3.63, 3.8) is 0 Å². The normalized spacial score (nSPS) is 16.9. The first-order valence-corrected chi connectivity index (χ1v) is 18.9. The molecule has 1 spiro atoms. The number of para-hydroxylation sites is 4. The molecule has 0 aromatic heterocycles. The zero-order valence-electron chi connectivity index (χ0n) is 28.7. The van der Waals surface area contributed by atoms with E-state index in [1.807, 2.05) is 11.8 Å². The fourth-order valence-corrected chi connectivity index (χ4v) is 9.78. The number of anilines is 5. The van der Waals surface area contributed by atoms with Gasteiger partial charge in [0.1, 0.15) is 0 Å². The minimum Gasteiger partial charge on any atom is -0.311 e. The Hall–Kier alpha value is -6.03. The molecule has 2 nitrogen and oxygen atoms in total. The summed E-state index contributed by atoms with van der Waals surface area (Å²) in [6.45, 7) is 0. The highest BCUT2D eigenvalue weighted by molar-refractivity contribution is 7.99. The van der Waals surface area contributed by atoms with Crippen LogP contribution in [0.3, 0.4) is 0 Å². The second kappa shape index (κ2) is 12.6. The summed E-state index contributed by atoms with van der Waals surface area (Å²) in [5, 5.41) is 0. The summed E-state index contributed by atoms with van der Waals surface area (Å²) in [5.74, 6) is 0. The lowest BCUT2D eigenvalue weighted by molar-refractivity contribution is 0.659. The maximum atomic E-state index is 2.52. The highest BCUT2D eigenvalue weighted by Crippen LogP contribution is 2.63. The molecule has 0 N–H and O–H groups in total. The smallest absolute Gasteiger partial charge is 0.0760 e. The van der Waals surface area contributed by atoms with Gasteiger partial charge in [0, 0.05) is 38.2 Å². The number of hydrogen-bond donors (Lipinski definition) is 0. The van der Waals surface area contributed by atoms with Crippen LogP contribution in [0.1, 0.15) is 29.5 Å². The zero-order chi connectivity index (χ0) is 34.5. The van der Waals surface area contributed by atoms with Gasteiger partial charge >= 0.3 is 0 Å². The topological polar surface area (TPSA) is 6.48 Å². The number of allylic oxidation sites excluding steroid dienone is 3. The molecule has 0 saturated heterocycles. The van der Waals surface area contributed by atoms with Crippen LogP contribution in [0, 0.1) is 0 Å². The van der Waals surface area contributed by atoms with Crippen LogP contribution in [0.2, 0.25) is 0 Å². The standard InChI is InChI=1S/C49H36N2S/c1-4-16-37(17-5-1)50(38-18-6-2-7-19-38)40-31-28-35(29-32-40)36-30-33-44-48(34-36)52-47-27-15-12-24-43(47)49(44)41-22-10-13-25-45(41)51(39-20-8-3-9-21-39)46-26-14-11-23-42(46)49/h1-10,12-13,15-34H,11,14H2. The van der Waals surface area contributed by atoms with Crippen molar-refractivity contribution in [2.75, 3.05) is 9.80 Å². The van der Waals surface area contributed by atoms with Crippen molar-refractivity contribution in [1.29, 1.82) is 0 Å². The second-order valence-corrected chi connectivity index (χ2v) is 14.7. The van der Waals surface area contributed by atoms with E-state index in [0.717, 1.165) is 29.9 Å². The molecule has 3 aliphatic rings. The predicted octanol–water partition coefficient (Wildman–Crippen LogP) is 13.4. The molecule has 248 valence electrons. The summed E-state index contributed by atoms with van der Waals surface area (Å²) in [6, 6.07) is 66.5. The Labute approximate surface area is 310 Å². The van der Waals surface area contributed by atoms with Crippen molar-refractivity contribution in [2.24, 2.45) is 0 Å². The highest BCUT2D eigenvalue weighted by Gasteiger charge is 2.52. The van der Waals surface area contributed by atoms with Gasteiger partial charge in [0.2, 0.25) is 0 Å². The Bertz CT molecular complexity index is 2450. The minimum absolute atomic E-state index is 0.431. The van der Waals surface area contributed by atoms with Gasteiger partial charge in [0.15, 0.2) is 0 Å². The van der Waals surface area contributed by atoms with Crippen molar-refractivity contribution in [3.8, 4) is 11.1 Å². The first-order valence-electron chi connectivity index (χ1n) is 18.1. The van der Waals surface area contributed by atoms with Crippen LogP contribution >= 0.6 is 11.8 Å². The highest BCUT2D eigenvalue weighted by atomic mass is 32.2. The fourth-order valence-electron chi connectivity index (χ4n) is 8.54. The lowest BCUT2D eigenvalue weighted by Gasteiger charge is -2.51. The molecule has 1 unspecified atom stereocenters. The van der Waals surface area contributed by atoms with Gasteiger partial charge in [-0.3, -0.25) is 0 Å². The molecule has 7 aromatic rings. The second-order valence-electron chi connectivity index (χ2n) is 13.6. The molecule has 3 heteroatoms.